The number of β-amino-alcohol motifs (C(OH)–C–C–N with tert-alkyl or cyclic N) is 1. The number of aromatic nitrogens is 2. The monoisotopic (exact) mass is 387 g/mol. The number of aliphatic hydroxyl groups excluding tert-OH is 1. The largest absolute Gasteiger partial charge is 0.448 e. The van der Waals surface area contributed by atoms with Crippen LogP contribution in [-0.4, -0.2) is 87.7 Å². The Bertz CT molecular complexity index is 913. The topological polar surface area (TPSA) is 128 Å². The van der Waals surface area contributed by atoms with E-state index in [1.165, 1.54) is 9.80 Å². The van der Waals surface area contributed by atoms with Crippen molar-refractivity contribution in [3.63, 3.8) is 0 Å². The molecule has 3 heterocycles. The van der Waals surface area contributed by atoms with Gasteiger partial charge in [-0.25, -0.2) is 9.78 Å². The van der Waals surface area contributed by atoms with Crippen LogP contribution in [0.5, 0.6) is 0 Å². The number of hydrogen-bond acceptors (Lipinski definition) is 6. The Balaban J connectivity index is 1.39. The van der Waals surface area contributed by atoms with Crippen LogP contribution in [0.15, 0.2) is 24.5 Å². The summed E-state index contributed by atoms with van der Waals surface area (Å²) in [6.45, 7) is 0.999. The minimum absolute atomic E-state index is 0.0945. The normalized spacial score (nSPS) is 22.4. The van der Waals surface area contributed by atoms with Gasteiger partial charge >= 0.3 is 6.09 Å². The second-order valence-corrected chi connectivity index (χ2v) is 7.03. The van der Waals surface area contributed by atoms with E-state index in [2.05, 4.69) is 15.3 Å². The van der Waals surface area contributed by atoms with Gasteiger partial charge in [-0.3, -0.25) is 14.5 Å². The maximum absolute atomic E-state index is 12.6. The number of fused-ring (bicyclic) bond motifs is 1. The summed E-state index contributed by atoms with van der Waals surface area (Å²) in [6.07, 6.45) is 0.658. The molecule has 1 aromatic heterocycles. The third-order valence-corrected chi connectivity index (χ3v) is 4.97. The van der Waals surface area contributed by atoms with Gasteiger partial charge in [0.15, 0.2) is 0 Å². The zero-order valence-electron chi connectivity index (χ0n) is 15.1. The average Bonchev–Trinajstić information content (AvgIpc) is 3.29. The number of ether oxygens (including phenoxy) is 1. The third-order valence-electron chi connectivity index (χ3n) is 4.97. The molecule has 2 atom stereocenters. The molecule has 1 aromatic carbocycles. The standard InChI is InChI=1S/C18H21N5O5/c24-13-6-12(7-23(8-13)16(25)9-22-3-4-28-18(22)27)21-17(26)11-1-2-14-15(5-11)20-10-19-14/h1-2,5,10,12-13,24H,3-4,6-9H2,(H,19,20)(H,21,26)/t12-,13+/m0/s1. The lowest BCUT2D eigenvalue weighted by Crippen LogP contribution is -2.55. The van der Waals surface area contributed by atoms with Gasteiger partial charge in [-0.15, -0.1) is 0 Å². The SMILES string of the molecule is O=C(N[C@H]1C[C@@H](O)CN(C(=O)CN2CCOC2=O)C1)c1ccc2nc[nH]c2c1. The molecular weight excluding hydrogens is 366 g/mol. The van der Waals surface area contributed by atoms with Gasteiger partial charge < -0.3 is 25.0 Å². The number of rotatable bonds is 4. The molecule has 2 saturated heterocycles. The smallest absolute Gasteiger partial charge is 0.410 e. The van der Waals surface area contributed by atoms with Crippen molar-refractivity contribution >= 4 is 28.9 Å². The molecule has 10 nitrogen and oxygen atoms in total. The maximum atomic E-state index is 12.6. The van der Waals surface area contributed by atoms with Crippen molar-refractivity contribution in [3.8, 4) is 0 Å². The predicted molar refractivity (Wildman–Crippen MR) is 97.5 cm³/mol. The van der Waals surface area contributed by atoms with Crippen LogP contribution in [0.2, 0.25) is 0 Å². The number of benzene rings is 1. The van der Waals surface area contributed by atoms with Gasteiger partial charge in [0.05, 0.1) is 30.0 Å². The molecule has 0 spiro atoms. The number of nitrogens with zero attached hydrogens (tertiary/aromatic N) is 3. The van der Waals surface area contributed by atoms with Crippen molar-refractivity contribution in [2.75, 3.05) is 32.8 Å². The van der Waals surface area contributed by atoms with E-state index in [-0.39, 0.29) is 44.1 Å². The highest BCUT2D eigenvalue weighted by molar-refractivity contribution is 5.97. The predicted octanol–water partition coefficient (Wildman–Crippen LogP) is -0.293. The van der Waals surface area contributed by atoms with E-state index >= 15 is 0 Å². The van der Waals surface area contributed by atoms with E-state index in [1.807, 2.05) is 0 Å². The molecule has 3 N–H and O–H groups in total. The molecule has 2 fully saturated rings. The lowest BCUT2D eigenvalue weighted by atomic mass is 10.0. The van der Waals surface area contributed by atoms with Gasteiger partial charge in [-0.1, -0.05) is 0 Å². The maximum Gasteiger partial charge on any atom is 0.410 e. The Morgan fingerprint density at radius 1 is 1.36 bits per heavy atom. The summed E-state index contributed by atoms with van der Waals surface area (Å²) < 4.78 is 4.83. The minimum Gasteiger partial charge on any atom is -0.448 e. The van der Waals surface area contributed by atoms with Crippen molar-refractivity contribution in [2.45, 2.75) is 18.6 Å². The van der Waals surface area contributed by atoms with Crippen LogP contribution in [0.1, 0.15) is 16.8 Å². The number of nitrogens with one attached hydrogen (secondary N) is 2. The highest BCUT2D eigenvalue weighted by Crippen LogP contribution is 2.15. The average molecular weight is 387 g/mol. The van der Waals surface area contributed by atoms with Gasteiger partial charge in [0, 0.05) is 24.7 Å². The fraction of sp³-hybridized carbons (Fsp3) is 0.444. The first-order chi connectivity index (χ1) is 13.5. The Kier molecular flexibility index (Phi) is 4.86. The van der Waals surface area contributed by atoms with Crippen LogP contribution in [0, 0.1) is 0 Å². The molecule has 4 rings (SSSR count). The first kappa shape index (κ1) is 18.2. The van der Waals surface area contributed by atoms with Crippen molar-refractivity contribution in [3.05, 3.63) is 30.1 Å². The Hall–Kier alpha value is -3.14. The van der Waals surface area contributed by atoms with Crippen molar-refractivity contribution < 1.29 is 24.2 Å². The molecule has 148 valence electrons. The van der Waals surface area contributed by atoms with E-state index in [0.717, 1.165) is 11.0 Å². The molecule has 28 heavy (non-hydrogen) atoms. The number of aliphatic hydroxyl groups is 1. The summed E-state index contributed by atoms with van der Waals surface area (Å²) in [5.74, 6) is -0.568. The second-order valence-electron chi connectivity index (χ2n) is 7.03. The van der Waals surface area contributed by atoms with Gasteiger partial charge in [0.1, 0.15) is 13.2 Å². The Morgan fingerprint density at radius 2 is 2.21 bits per heavy atom. The van der Waals surface area contributed by atoms with Gasteiger partial charge in [-0.05, 0) is 24.6 Å². The molecule has 0 bridgehead atoms. The second kappa shape index (κ2) is 7.47. The summed E-state index contributed by atoms with van der Waals surface area (Å²) in [7, 11) is 0. The molecule has 2 aliphatic heterocycles. The van der Waals surface area contributed by atoms with E-state index < -0.39 is 12.2 Å². The lowest BCUT2D eigenvalue weighted by molar-refractivity contribution is -0.135. The van der Waals surface area contributed by atoms with Crippen LogP contribution in [-0.2, 0) is 9.53 Å². The van der Waals surface area contributed by atoms with Crippen molar-refractivity contribution in [1.82, 2.24) is 25.1 Å². The molecule has 10 heteroatoms. The first-order valence-electron chi connectivity index (χ1n) is 9.11. The number of piperidine rings is 1. The highest BCUT2D eigenvalue weighted by Gasteiger charge is 2.32. The van der Waals surface area contributed by atoms with E-state index in [0.29, 0.717) is 18.5 Å². The summed E-state index contributed by atoms with van der Waals surface area (Å²) in [5, 5.41) is 13.0. The fourth-order valence-electron chi connectivity index (χ4n) is 3.56. The first-order valence-corrected chi connectivity index (χ1v) is 9.11. The van der Waals surface area contributed by atoms with E-state index in [4.69, 9.17) is 4.74 Å². The number of carbonyl (C=O) groups is 3. The van der Waals surface area contributed by atoms with E-state index in [9.17, 15) is 19.5 Å². The molecule has 2 aliphatic rings. The van der Waals surface area contributed by atoms with Crippen molar-refractivity contribution in [2.24, 2.45) is 0 Å². The minimum atomic E-state index is -0.747. The number of amides is 3. The number of hydrogen-bond donors (Lipinski definition) is 3. The van der Waals surface area contributed by atoms with Gasteiger partial charge in [0.25, 0.3) is 5.91 Å². The van der Waals surface area contributed by atoms with Crippen LogP contribution in [0.3, 0.4) is 0 Å². The molecule has 3 amide bonds. The van der Waals surface area contributed by atoms with Crippen LogP contribution in [0.25, 0.3) is 11.0 Å². The Labute approximate surface area is 160 Å². The van der Waals surface area contributed by atoms with Crippen molar-refractivity contribution in [1.29, 1.82) is 0 Å². The highest BCUT2D eigenvalue weighted by atomic mass is 16.6. The number of aromatic amines is 1. The lowest BCUT2D eigenvalue weighted by Gasteiger charge is -2.36. The zero-order valence-corrected chi connectivity index (χ0v) is 15.1. The number of likely N-dealkylation sites (tertiary alicyclic amines) is 1. The third kappa shape index (κ3) is 3.77. The Morgan fingerprint density at radius 3 is 3.00 bits per heavy atom. The quantitative estimate of drug-likeness (QED) is 0.661. The number of H-pyrrole nitrogens is 1. The molecule has 0 radical (unpaired) electrons. The number of cyclic esters (lactones) is 1. The molecule has 0 aliphatic carbocycles. The number of carbonyl (C=O) groups excluding carboxylic acids is 3. The molecule has 2 aromatic rings. The van der Waals surface area contributed by atoms with Crippen LogP contribution < -0.4 is 5.32 Å². The summed E-state index contributed by atoms with van der Waals surface area (Å²) in [6, 6.07) is 4.75. The van der Waals surface area contributed by atoms with Crippen LogP contribution >= 0.6 is 0 Å². The van der Waals surface area contributed by atoms with Gasteiger partial charge in [0.2, 0.25) is 5.91 Å². The molecule has 0 unspecified atom stereocenters. The molecular formula is C18H21N5O5. The van der Waals surface area contributed by atoms with E-state index in [1.54, 1.807) is 24.5 Å². The summed E-state index contributed by atoms with van der Waals surface area (Å²) in [5.41, 5.74) is 1.99. The van der Waals surface area contributed by atoms with Crippen LogP contribution in [0.4, 0.5) is 4.79 Å². The molecule has 0 saturated carbocycles. The van der Waals surface area contributed by atoms with Gasteiger partial charge in [-0.2, -0.15) is 0 Å². The summed E-state index contributed by atoms with van der Waals surface area (Å²) in [4.78, 5) is 46.5. The fourth-order valence-corrected chi connectivity index (χ4v) is 3.56. The zero-order chi connectivity index (χ0) is 19.7. The summed E-state index contributed by atoms with van der Waals surface area (Å²) >= 11 is 0. The number of imidazole rings is 1.